The number of aromatic amines is 1. The van der Waals surface area contributed by atoms with Gasteiger partial charge >= 0.3 is 10.2 Å². The number of benzene rings is 2. The zero-order valence-electron chi connectivity index (χ0n) is 21.8. The number of hydrogen-bond acceptors (Lipinski definition) is 6. The van der Waals surface area contributed by atoms with Crippen molar-refractivity contribution in [3.63, 3.8) is 0 Å². The van der Waals surface area contributed by atoms with Crippen LogP contribution in [0, 0.1) is 11.6 Å². The van der Waals surface area contributed by atoms with Gasteiger partial charge in [-0.05, 0) is 42.3 Å². The molecule has 13 heteroatoms. The molecule has 2 aromatic heterocycles. The molecule has 0 saturated carbocycles. The molecule has 2 aliphatic rings. The number of pyridine rings is 1. The first kappa shape index (κ1) is 27.2. The van der Waals surface area contributed by atoms with Crippen LogP contribution in [-0.2, 0) is 10.2 Å². The third-order valence-corrected chi connectivity index (χ3v) is 8.94. The number of alkyl halides is 1. The maximum Gasteiger partial charge on any atom is 0.301 e. The topological polar surface area (TPSA) is 110 Å². The monoisotopic (exact) mass is 584 g/mol. The van der Waals surface area contributed by atoms with E-state index in [-0.39, 0.29) is 25.1 Å². The molecule has 0 aliphatic carbocycles. The van der Waals surface area contributed by atoms with Crippen molar-refractivity contribution in [2.24, 2.45) is 0 Å². The van der Waals surface area contributed by atoms with E-state index >= 15 is 4.39 Å². The molecule has 6 rings (SSSR count). The number of carbonyl (C=O) groups excluding carboxylic acids is 1. The molecule has 3 N–H and O–H groups in total. The molecule has 0 bridgehead atoms. The van der Waals surface area contributed by atoms with Crippen molar-refractivity contribution in [2.75, 3.05) is 48.9 Å². The van der Waals surface area contributed by atoms with E-state index in [2.05, 4.69) is 20.2 Å². The Morgan fingerprint density at radius 2 is 1.78 bits per heavy atom. The van der Waals surface area contributed by atoms with Gasteiger partial charge in [-0.2, -0.15) is 12.7 Å². The van der Waals surface area contributed by atoms with Gasteiger partial charge in [0.15, 0.2) is 5.82 Å². The second-order valence-electron chi connectivity index (χ2n) is 10.1. The second kappa shape index (κ2) is 10.8. The summed E-state index contributed by atoms with van der Waals surface area (Å²) < 4.78 is 72.0. The molecule has 0 radical (unpaired) electrons. The number of piperazine rings is 1. The number of hydrogen-bond donors (Lipinski definition) is 3. The number of fused-ring (bicyclic) bond motifs is 1. The van der Waals surface area contributed by atoms with E-state index in [4.69, 9.17) is 0 Å². The molecule has 0 spiro atoms. The summed E-state index contributed by atoms with van der Waals surface area (Å²) in [5.74, 6) is -3.50. The van der Waals surface area contributed by atoms with Crippen LogP contribution in [0.5, 0.6) is 0 Å². The average Bonchev–Trinajstić information content (AvgIpc) is 3.61. The molecule has 1 atom stereocenters. The minimum Gasteiger partial charge on any atom is -0.369 e. The van der Waals surface area contributed by atoms with Gasteiger partial charge < -0.3 is 15.2 Å². The molecule has 2 aliphatic heterocycles. The lowest BCUT2D eigenvalue weighted by molar-refractivity contribution is 0.103. The summed E-state index contributed by atoms with van der Waals surface area (Å²) in [7, 11) is -4.31. The fourth-order valence-corrected chi connectivity index (χ4v) is 6.49. The lowest BCUT2D eigenvalue weighted by Gasteiger charge is -2.29. The molecule has 0 amide bonds. The van der Waals surface area contributed by atoms with E-state index in [0.717, 1.165) is 53.9 Å². The van der Waals surface area contributed by atoms with Crippen LogP contribution >= 0.6 is 0 Å². The predicted octanol–water partition coefficient (Wildman–Crippen LogP) is 3.85. The Morgan fingerprint density at radius 1 is 1.02 bits per heavy atom. The van der Waals surface area contributed by atoms with Crippen LogP contribution in [-0.4, -0.2) is 73.9 Å². The van der Waals surface area contributed by atoms with E-state index in [1.165, 1.54) is 6.20 Å². The van der Waals surface area contributed by atoms with Gasteiger partial charge in [0, 0.05) is 73.9 Å². The van der Waals surface area contributed by atoms with Crippen LogP contribution in [0.4, 0.5) is 24.5 Å². The van der Waals surface area contributed by atoms with Gasteiger partial charge in [-0.3, -0.25) is 9.52 Å². The van der Waals surface area contributed by atoms with Gasteiger partial charge in [-0.15, -0.1) is 0 Å². The number of H-pyrrole nitrogens is 1. The van der Waals surface area contributed by atoms with Gasteiger partial charge in [0.05, 0.1) is 11.3 Å². The van der Waals surface area contributed by atoms with E-state index in [1.807, 2.05) is 29.0 Å². The minimum absolute atomic E-state index is 0.0213. The standard InChI is InChI=1S/C28H27F3N6O3S/c29-19-7-10-37(16-19)41(39,40)35-24-6-5-23(30)25(26(24)31)27(38)22-15-34-28-21(22)13-18(14-33-28)17-1-3-20(4-2-17)36-11-8-32-9-12-36/h1-6,13-15,19,32,35H,7-12,16H2,(H,33,34). The van der Waals surface area contributed by atoms with Crippen molar-refractivity contribution >= 4 is 38.4 Å². The number of aromatic nitrogens is 2. The van der Waals surface area contributed by atoms with Crippen molar-refractivity contribution in [3.05, 3.63) is 77.6 Å². The van der Waals surface area contributed by atoms with E-state index in [0.29, 0.717) is 16.6 Å². The summed E-state index contributed by atoms with van der Waals surface area (Å²) in [5.41, 5.74) is 1.45. The molecular formula is C28H27F3N6O3S. The van der Waals surface area contributed by atoms with Crippen LogP contribution in [0.2, 0.25) is 0 Å². The largest absolute Gasteiger partial charge is 0.369 e. The number of nitrogens with zero attached hydrogens (tertiary/aromatic N) is 3. The summed E-state index contributed by atoms with van der Waals surface area (Å²) in [5, 5.41) is 3.68. The molecule has 41 heavy (non-hydrogen) atoms. The summed E-state index contributed by atoms with van der Waals surface area (Å²) in [6.45, 7) is 3.21. The lowest BCUT2D eigenvalue weighted by atomic mass is 9.99. The fraction of sp³-hybridized carbons (Fsp3) is 0.286. The first-order valence-corrected chi connectivity index (χ1v) is 14.6. The van der Waals surface area contributed by atoms with Gasteiger partial charge in [0.2, 0.25) is 5.78 Å². The Labute approximate surface area is 234 Å². The number of carbonyl (C=O) groups is 1. The maximum absolute atomic E-state index is 15.5. The summed E-state index contributed by atoms with van der Waals surface area (Å²) in [6, 6.07) is 11.4. The molecule has 2 aromatic carbocycles. The average molecular weight is 585 g/mol. The van der Waals surface area contributed by atoms with Crippen LogP contribution in [0.15, 0.2) is 54.9 Å². The summed E-state index contributed by atoms with van der Waals surface area (Å²) in [6.07, 6.45) is 1.66. The normalized spacial score (nSPS) is 18.2. The summed E-state index contributed by atoms with van der Waals surface area (Å²) in [4.78, 5) is 23.0. The predicted molar refractivity (Wildman–Crippen MR) is 150 cm³/mol. The van der Waals surface area contributed by atoms with Crippen molar-refractivity contribution in [1.82, 2.24) is 19.6 Å². The first-order chi connectivity index (χ1) is 19.7. The molecule has 214 valence electrons. The highest BCUT2D eigenvalue weighted by atomic mass is 32.2. The van der Waals surface area contributed by atoms with Crippen LogP contribution < -0.4 is 14.9 Å². The molecule has 4 heterocycles. The number of anilines is 2. The minimum atomic E-state index is -4.31. The SMILES string of the molecule is O=C(c1c(F)ccc(NS(=O)(=O)N2CCC(F)C2)c1F)c1c[nH]c2ncc(-c3ccc(N4CCNCC4)cc3)cc12. The highest BCUT2D eigenvalue weighted by molar-refractivity contribution is 7.90. The van der Waals surface area contributed by atoms with E-state index in [1.54, 1.807) is 12.3 Å². The van der Waals surface area contributed by atoms with Gasteiger partial charge in [-0.1, -0.05) is 12.1 Å². The molecular weight excluding hydrogens is 557 g/mol. The number of halogens is 3. The highest BCUT2D eigenvalue weighted by Crippen LogP contribution is 2.31. The Kier molecular flexibility index (Phi) is 7.18. The third kappa shape index (κ3) is 5.27. The van der Waals surface area contributed by atoms with Crippen molar-refractivity contribution in [2.45, 2.75) is 12.6 Å². The van der Waals surface area contributed by atoms with Crippen molar-refractivity contribution in [1.29, 1.82) is 0 Å². The summed E-state index contributed by atoms with van der Waals surface area (Å²) >= 11 is 0. The fourth-order valence-electron chi connectivity index (χ4n) is 5.22. The lowest BCUT2D eigenvalue weighted by Crippen LogP contribution is -2.43. The quantitative estimate of drug-likeness (QED) is 0.285. The van der Waals surface area contributed by atoms with Crippen LogP contribution in [0.25, 0.3) is 22.2 Å². The molecule has 2 fully saturated rings. The Bertz CT molecular complexity index is 1720. The highest BCUT2D eigenvalue weighted by Gasteiger charge is 2.33. The van der Waals surface area contributed by atoms with Gasteiger partial charge in [0.25, 0.3) is 0 Å². The second-order valence-corrected chi connectivity index (χ2v) is 11.7. The number of rotatable bonds is 7. The van der Waals surface area contributed by atoms with E-state index < -0.39 is 45.0 Å². The third-order valence-electron chi connectivity index (χ3n) is 7.45. The zero-order valence-corrected chi connectivity index (χ0v) is 22.6. The Hall–Kier alpha value is -3.94. The van der Waals surface area contributed by atoms with Crippen LogP contribution in [0.1, 0.15) is 22.3 Å². The molecule has 4 aromatic rings. The molecule has 1 unspecified atom stereocenters. The van der Waals surface area contributed by atoms with Gasteiger partial charge in [-0.25, -0.2) is 18.2 Å². The van der Waals surface area contributed by atoms with Gasteiger partial charge in [0.1, 0.15) is 17.6 Å². The first-order valence-electron chi connectivity index (χ1n) is 13.2. The maximum atomic E-state index is 15.5. The van der Waals surface area contributed by atoms with Crippen molar-refractivity contribution < 1.29 is 26.4 Å². The zero-order chi connectivity index (χ0) is 28.7. The Balaban J connectivity index is 1.30. The Morgan fingerprint density at radius 3 is 2.49 bits per heavy atom. The van der Waals surface area contributed by atoms with Crippen molar-refractivity contribution in [3.8, 4) is 11.1 Å². The van der Waals surface area contributed by atoms with Crippen LogP contribution in [0.3, 0.4) is 0 Å². The molecule has 2 saturated heterocycles. The number of ketones is 1. The smallest absolute Gasteiger partial charge is 0.301 e. The van der Waals surface area contributed by atoms with E-state index in [9.17, 15) is 22.0 Å². The molecule has 9 nitrogen and oxygen atoms in total. The number of nitrogens with one attached hydrogen (secondary N) is 3.